The summed E-state index contributed by atoms with van der Waals surface area (Å²) in [5, 5.41) is 5.70. The fourth-order valence-electron chi connectivity index (χ4n) is 2.33. The van der Waals surface area contributed by atoms with Crippen LogP contribution in [0.4, 0.5) is 0 Å². The minimum absolute atomic E-state index is 0.0571. The molecule has 98 valence electrons. The summed E-state index contributed by atoms with van der Waals surface area (Å²) in [6.45, 7) is 0. The molecule has 2 aromatic rings. The highest BCUT2D eigenvalue weighted by Crippen LogP contribution is 2.23. The van der Waals surface area contributed by atoms with Crippen LogP contribution >= 0.6 is 11.3 Å². The van der Waals surface area contributed by atoms with Gasteiger partial charge in [-0.1, -0.05) is 12.8 Å². The van der Waals surface area contributed by atoms with Gasteiger partial charge in [-0.3, -0.25) is 9.78 Å². The summed E-state index contributed by atoms with van der Waals surface area (Å²) in [5.74, 6) is -0.0571. The fraction of sp³-hybridized carbons (Fsp3) is 0.357. The van der Waals surface area contributed by atoms with Gasteiger partial charge in [0.05, 0.1) is 0 Å². The summed E-state index contributed by atoms with van der Waals surface area (Å²) in [7, 11) is 0. The highest BCUT2D eigenvalue weighted by atomic mass is 32.1. The van der Waals surface area contributed by atoms with Crippen LogP contribution in [-0.2, 0) is 0 Å². The molecule has 1 aliphatic rings. The molecule has 0 bridgehead atoms. The van der Waals surface area contributed by atoms with Crippen molar-refractivity contribution < 1.29 is 4.79 Å². The molecule has 1 fully saturated rings. The van der Waals surface area contributed by atoms with Crippen molar-refractivity contribution >= 4 is 17.2 Å². The van der Waals surface area contributed by atoms with Gasteiger partial charge in [0.25, 0.3) is 5.91 Å². The van der Waals surface area contributed by atoms with Crippen molar-refractivity contribution in [3.63, 3.8) is 0 Å². The average molecular weight is 273 g/mol. The van der Waals surface area contributed by atoms with Crippen LogP contribution in [-0.4, -0.2) is 21.9 Å². The van der Waals surface area contributed by atoms with Crippen molar-refractivity contribution in [3.05, 3.63) is 35.6 Å². The summed E-state index contributed by atoms with van der Waals surface area (Å²) >= 11 is 1.48. The van der Waals surface area contributed by atoms with E-state index in [9.17, 15) is 4.79 Å². The van der Waals surface area contributed by atoms with Crippen LogP contribution in [0.25, 0.3) is 10.6 Å². The zero-order valence-corrected chi connectivity index (χ0v) is 11.3. The second-order valence-corrected chi connectivity index (χ2v) is 5.59. The first kappa shape index (κ1) is 12.3. The number of nitrogens with one attached hydrogen (secondary N) is 1. The predicted octanol–water partition coefficient (Wildman–Crippen LogP) is 2.88. The molecule has 0 aliphatic heterocycles. The van der Waals surface area contributed by atoms with Crippen molar-refractivity contribution in [3.8, 4) is 10.6 Å². The molecule has 1 N–H and O–H groups in total. The molecule has 0 unspecified atom stereocenters. The van der Waals surface area contributed by atoms with Gasteiger partial charge in [0.1, 0.15) is 10.7 Å². The normalized spacial score (nSPS) is 15.6. The van der Waals surface area contributed by atoms with Crippen molar-refractivity contribution in [2.24, 2.45) is 0 Å². The first-order chi connectivity index (χ1) is 9.33. The standard InChI is InChI=1S/C14H15N3OS/c18-13(16-11-5-1-2-6-11)12-9-19-14(17-12)10-4-3-7-15-8-10/h3-4,7-9,11H,1-2,5-6H2,(H,16,18). The summed E-state index contributed by atoms with van der Waals surface area (Å²) in [4.78, 5) is 20.5. The van der Waals surface area contributed by atoms with E-state index in [0.717, 1.165) is 23.4 Å². The number of hydrogen-bond donors (Lipinski definition) is 1. The Kier molecular flexibility index (Phi) is 3.55. The van der Waals surface area contributed by atoms with Crippen LogP contribution < -0.4 is 5.32 Å². The van der Waals surface area contributed by atoms with E-state index in [1.54, 1.807) is 12.4 Å². The molecule has 3 rings (SSSR count). The Bertz CT molecular complexity index is 561. The quantitative estimate of drug-likeness (QED) is 0.935. The van der Waals surface area contributed by atoms with E-state index >= 15 is 0 Å². The molecule has 0 saturated heterocycles. The average Bonchev–Trinajstić information content (AvgIpc) is 3.10. The maximum Gasteiger partial charge on any atom is 0.270 e. The minimum atomic E-state index is -0.0571. The van der Waals surface area contributed by atoms with Gasteiger partial charge < -0.3 is 5.32 Å². The molecule has 2 aromatic heterocycles. The van der Waals surface area contributed by atoms with Gasteiger partial charge in [-0.15, -0.1) is 11.3 Å². The molecule has 0 aromatic carbocycles. The third-order valence-corrected chi connectivity index (χ3v) is 4.23. The van der Waals surface area contributed by atoms with Crippen molar-refractivity contribution in [2.75, 3.05) is 0 Å². The molecule has 1 aliphatic carbocycles. The van der Waals surface area contributed by atoms with E-state index in [2.05, 4.69) is 15.3 Å². The zero-order chi connectivity index (χ0) is 13.1. The molecule has 0 spiro atoms. The number of thiazole rings is 1. The fourth-order valence-corrected chi connectivity index (χ4v) is 3.12. The second-order valence-electron chi connectivity index (χ2n) is 4.73. The Hall–Kier alpha value is -1.75. The Morgan fingerprint density at radius 2 is 2.21 bits per heavy atom. The number of carbonyl (C=O) groups excluding carboxylic acids is 1. The lowest BCUT2D eigenvalue weighted by Crippen LogP contribution is -2.32. The van der Waals surface area contributed by atoms with E-state index < -0.39 is 0 Å². The maximum atomic E-state index is 12.1. The van der Waals surface area contributed by atoms with Gasteiger partial charge in [-0.25, -0.2) is 4.98 Å². The summed E-state index contributed by atoms with van der Waals surface area (Å²) in [6, 6.07) is 4.15. The summed E-state index contributed by atoms with van der Waals surface area (Å²) < 4.78 is 0. The lowest BCUT2D eigenvalue weighted by atomic mass is 10.2. The monoisotopic (exact) mass is 273 g/mol. The van der Waals surface area contributed by atoms with E-state index in [1.807, 2.05) is 17.5 Å². The van der Waals surface area contributed by atoms with Gasteiger partial charge in [0.15, 0.2) is 0 Å². The number of nitrogens with zero attached hydrogens (tertiary/aromatic N) is 2. The van der Waals surface area contributed by atoms with Gasteiger partial charge in [0, 0.05) is 29.4 Å². The van der Waals surface area contributed by atoms with E-state index in [-0.39, 0.29) is 5.91 Å². The molecule has 0 radical (unpaired) electrons. The van der Waals surface area contributed by atoms with Crippen LogP contribution in [0.2, 0.25) is 0 Å². The SMILES string of the molecule is O=C(NC1CCCC1)c1csc(-c2cccnc2)n1. The zero-order valence-electron chi connectivity index (χ0n) is 10.5. The Morgan fingerprint density at radius 1 is 1.37 bits per heavy atom. The topological polar surface area (TPSA) is 54.9 Å². The summed E-state index contributed by atoms with van der Waals surface area (Å²) in [6.07, 6.45) is 8.09. The van der Waals surface area contributed by atoms with Gasteiger partial charge in [0.2, 0.25) is 0 Å². The third kappa shape index (κ3) is 2.81. The number of pyridine rings is 1. The lowest BCUT2D eigenvalue weighted by Gasteiger charge is -2.09. The highest BCUT2D eigenvalue weighted by Gasteiger charge is 2.19. The molecule has 2 heterocycles. The molecule has 1 saturated carbocycles. The smallest absolute Gasteiger partial charge is 0.270 e. The van der Waals surface area contributed by atoms with E-state index in [0.29, 0.717) is 11.7 Å². The molecular weight excluding hydrogens is 258 g/mol. The number of amides is 1. The van der Waals surface area contributed by atoms with Crippen molar-refractivity contribution in [2.45, 2.75) is 31.7 Å². The molecule has 19 heavy (non-hydrogen) atoms. The first-order valence-corrected chi connectivity index (χ1v) is 7.38. The minimum Gasteiger partial charge on any atom is -0.348 e. The molecule has 1 amide bonds. The molecule has 4 nitrogen and oxygen atoms in total. The van der Waals surface area contributed by atoms with E-state index in [1.165, 1.54) is 24.2 Å². The lowest BCUT2D eigenvalue weighted by molar-refractivity contribution is 0.0933. The second kappa shape index (κ2) is 5.48. The third-order valence-electron chi connectivity index (χ3n) is 3.34. The predicted molar refractivity (Wildman–Crippen MR) is 75.1 cm³/mol. The van der Waals surface area contributed by atoms with Crippen LogP contribution in [0.3, 0.4) is 0 Å². The van der Waals surface area contributed by atoms with Gasteiger partial charge >= 0.3 is 0 Å². The molecule has 0 atom stereocenters. The first-order valence-electron chi connectivity index (χ1n) is 6.50. The van der Waals surface area contributed by atoms with Crippen LogP contribution in [0.1, 0.15) is 36.2 Å². The number of aromatic nitrogens is 2. The number of carbonyl (C=O) groups is 1. The van der Waals surface area contributed by atoms with Crippen LogP contribution in [0.15, 0.2) is 29.9 Å². The maximum absolute atomic E-state index is 12.1. The van der Waals surface area contributed by atoms with Crippen LogP contribution in [0.5, 0.6) is 0 Å². The van der Waals surface area contributed by atoms with Crippen LogP contribution in [0, 0.1) is 0 Å². The molecular formula is C14H15N3OS. The Balaban J connectivity index is 1.72. The number of hydrogen-bond acceptors (Lipinski definition) is 4. The van der Waals surface area contributed by atoms with Gasteiger partial charge in [-0.2, -0.15) is 0 Å². The highest BCUT2D eigenvalue weighted by molar-refractivity contribution is 7.13. The largest absolute Gasteiger partial charge is 0.348 e. The Morgan fingerprint density at radius 3 is 2.95 bits per heavy atom. The summed E-state index contributed by atoms with van der Waals surface area (Å²) in [5.41, 5.74) is 1.46. The molecule has 5 heteroatoms. The van der Waals surface area contributed by atoms with Gasteiger partial charge in [-0.05, 0) is 25.0 Å². The van der Waals surface area contributed by atoms with Crippen molar-refractivity contribution in [1.82, 2.24) is 15.3 Å². The van der Waals surface area contributed by atoms with Crippen molar-refractivity contribution in [1.29, 1.82) is 0 Å². The van der Waals surface area contributed by atoms with E-state index in [4.69, 9.17) is 0 Å². The number of rotatable bonds is 3. The Labute approximate surface area is 115 Å².